The van der Waals surface area contributed by atoms with Crippen LogP contribution in [0.3, 0.4) is 0 Å². The fourth-order valence-electron chi connectivity index (χ4n) is 7.45. The standard InChI is InChI=1S/C27H41F2NO2/c1-17(15-30-12-10-21(16-30)26(28)29)23-8-9-24-19(5-4-11-27(23,24)3)6-7-20-13-22(31)14-25(32)18(20)2/h6-7,17,21-26,31-32H,2,4-5,8-16H2,1,3H3/b19-6+,20-7-/t17-,21-,22?,23+,24-,25?,27+/m0/s1. The van der Waals surface area contributed by atoms with Gasteiger partial charge in [0.05, 0.1) is 12.2 Å². The second-order valence-electron chi connectivity index (χ2n) is 11.3. The molecule has 0 aromatic rings. The highest BCUT2D eigenvalue weighted by molar-refractivity contribution is 5.38. The van der Waals surface area contributed by atoms with E-state index in [2.05, 4.69) is 37.5 Å². The minimum Gasteiger partial charge on any atom is -0.393 e. The SMILES string of the molecule is C=C1/C(=C\C=C2/CCC[C@]3(C)[C@@H]([C@@H](C)CN4CC[C@H](C(F)F)C4)CC[C@@H]23)CC(O)CC1O. The molecule has 2 N–H and O–H groups in total. The van der Waals surface area contributed by atoms with E-state index in [1.54, 1.807) is 0 Å². The predicted molar refractivity (Wildman–Crippen MR) is 124 cm³/mol. The van der Waals surface area contributed by atoms with Gasteiger partial charge in [-0.1, -0.05) is 38.2 Å². The summed E-state index contributed by atoms with van der Waals surface area (Å²) in [5.74, 6) is 1.27. The van der Waals surface area contributed by atoms with Crippen molar-refractivity contribution >= 4 is 0 Å². The highest BCUT2D eigenvalue weighted by Gasteiger charge is 2.51. The topological polar surface area (TPSA) is 43.7 Å². The number of hydrogen-bond acceptors (Lipinski definition) is 3. The Morgan fingerprint density at radius 2 is 2.00 bits per heavy atom. The van der Waals surface area contributed by atoms with Crippen molar-refractivity contribution in [2.24, 2.45) is 29.1 Å². The van der Waals surface area contributed by atoms with E-state index in [0.29, 0.717) is 43.6 Å². The van der Waals surface area contributed by atoms with E-state index in [1.807, 2.05) is 0 Å². The molecule has 32 heavy (non-hydrogen) atoms. The first-order valence-corrected chi connectivity index (χ1v) is 12.6. The first-order chi connectivity index (χ1) is 15.2. The molecule has 0 spiro atoms. The molecule has 1 saturated heterocycles. The average molecular weight is 450 g/mol. The summed E-state index contributed by atoms with van der Waals surface area (Å²) in [6.07, 6.45) is 8.56. The lowest BCUT2D eigenvalue weighted by molar-refractivity contribution is 0.0672. The summed E-state index contributed by atoms with van der Waals surface area (Å²) in [5, 5.41) is 20.2. The number of aliphatic hydroxyl groups excluding tert-OH is 2. The first kappa shape index (κ1) is 24.1. The van der Waals surface area contributed by atoms with E-state index in [4.69, 9.17) is 0 Å². The number of rotatable bonds is 5. The van der Waals surface area contributed by atoms with Crippen LogP contribution in [0.5, 0.6) is 0 Å². The normalized spacial score (nSPS) is 42.2. The molecule has 4 fully saturated rings. The lowest BCUT2D eigenvalue weighted by atomic mass is 9.61. The van der Waals surface area contributed by atoms with Crippen molar-refractivity contribution in [3.8, 4) is 0 Å². The second kappa shape index (κ2) is 9.68. The van der Waals surface area contributed by atoms with Crippen LogP contribution in [0.2, 0.25) is 0 Å². The van der Waals surface area contributed by atoms with Gasteiger partial charge in [-0.3, -0.25) is 0 Å². The number of allylic oxidation sites excluding steroid dienone is 3. The molecule has 2 unspecified atom stereocenters. The zero-order valence-corrected chi connectivity index (χ0v) is 19.8. The molecule has 5 heteroatoms. The summed E-state index contributed by atoms with van der Waals surface area (Å²) >= 11 is 0. The molecule has 0 aromatic heterocycles. The zero-order chi connectivity index (χ0) is 23.0. The third-order valence-electron chi connectivity index (χ3n) is 9.20. The quantitative estimate of drug-likeness (QED) is 0.595. The molecule has 4 aliphatic rings. The van der Waals surface area contributed by atoms with Crippen LogP contribution in [0, 0.1) is 29.1 Å². The lowest BCUT2D eigenvalue weighted by Gasteiger charge is -2.45. The summed E-state index contributed by atoms with van der Waals surface area (Å²) in [6.45, 7) is 11.1. The van der Waals surface area contributed by atoms with E-state index < -0.39 is 24.6 Å². The van der Waals surface area contributed by atoms with Gasteiger partial charge < -0.3 is 15.1 Å². The van der Waals surface area contributed by atoms with Gasteiger partial charge in [-0.2, -0.15) is 0 Å². The van der Waals surface area contributed by atoms with E-state index >= 15 is 0 Å². The molecule has 1 heterocycles. The Morgan fingerprint density at radius 1 is 1.22 bits per heavy atom. The van der Waals surface area contributed by atoms with Crippen LogP contribution < -0.4 is 0 Å². The van der Waals surface area contributed by atoms with Gasteiger partial charge in [0.2, 0.25) is 6.43 Å². The van der Waals surface area contributed by atoms with Gasteiger partial charge in [0, 0.05) is 25.4 Å². The van der Waals surface area contributed by atoms with Crippen LogP contribution in [-0.4, -0.2) is 53.4 Å². The van der Waals surface area contributed by atoms with Crippen LogP contribution in [0.1, 0.15) is 65.2 Å². The maximum atomic E-state index is 13.1. The molecular formula is C27H41F2NO2. The summed E-state index contributed by atoms with van der Waals surface area (Å²) in [7, 11) is 0. The Hall–Kier alpha value is -1.04. The van der Waals surface area contributed by atoms with Gasteiger partial charge >= 0.3 is 0 Å². The van der Waals surface area contributed by atoms with Crippen molar-refractivity contribution in [2.75, 3.05) is 19.6 Å². The molecule has 3 aliphatic carbocycles. The molecule has 0 bridgehead atoms. The maximum absolute atomic E-state index is 13.1. The van der Waals surface area contributed by atoms with Crippen LogP contribution in [0.15, 0.2) is 35.5 Å². The van der Waals surface area contributed by atoms with Gasteiger partial charge in [0.15, 0.2) is 0 Å². The number of fused-ring (bicyclic) bond motifs is 1. The summed E-state index contributed by atoms with van der Waals surface area (Å²) < 4.78 is 26.2. The van der Waals surface area contributed by atoms with Gasteiger partial charge in [-0.05, 0) is 85.8 Å². The Balaban J connectivity index is 1.44. The molecule has 180 valence electrons. The van der Waals surface area contributed by atoms with E-state index in [1.165, 1.54) is 31.3 Å². The molecule has 4 rings (SSSR count). The highest BCUT2D eigenvalue weighted by Crippen LogP contribution is 2.59. The minimum atomic E-state index is -2.19. The Labute approximate surface area is 192 Å². The first-order valence-electron chi connectivity index (χ1n) is 12.6. The number of alkyl halides is 2. The van der Waals surface area contributed by atoms with Gasteiger partial charge in [-0.15, -0.1) is 0 Å². The van der Waals surface area contributed by atoms with Gasteiger partial charge in [0.1, 0.15) is 0 Å². The Morgan fingerprint density at radius 3 is 2.72 bits per heavy atom. The Bertz CT molecular complexity index is 763. The maximum Gasteiger partial charge on any atom is 0.242 e. The molecule has 0 amide bonds. The molecular weight excluding hydrogens is 408 g/mol. The molecule has 7 atom stereocenters. The fourth-order valence-corrected chi connectivity index (χ4v) is 7.45. The number of likely N-dealkylation sites (tertiary alicyclic amines) is 1. The molecule has 3 nitrogen and oxygen atoms in total. The second-order valence-corrected chi connectivity index (χ2v) is 11.3. The largest absolute Gasteiger partial charge is 0.393 e. The van der Waals surface area contributed by atoms with Crippen molar-refractivity contribution in [1.82, 2.24) is 4.90 Å². The fraction of sp³-hybridized carbons (Fsp3) is 0.778. The summed E-state index contributed by atoms with van der Waals surface area (Å²) in [5.41, 5.74) is 3.49. The van der Waals surface area contributed by atoms with Crippen LogP contribution in [0.4, 0.5) is 8.78 Å². The van der Waals surface area contributed by atoms with Crippen molar-refractivity contribution in [3.05, 3.63) is 35.5 Å². The van der Waals surface area contributed by atoms with Gasteiger partial charge in [-0.25, -0.2) is 8.78 Å². The average Bonchev–Trinajstić information content (AvgIpc) is 3.33. The predicted octanol–water partition coefficient (Wildman–Crippen LogP) is 5.35. The molecule has 0 radical (unpaired) electrons. The minimum absolute atomic E-state index is 0.270. The highest BCUT2D eigenvalue weighted by atomic mass is 19.3. The summed E-state index contributed by atoms with van der Waals surface area (Å²) in [4.78, 5) is 2.27. The number of aliphatic hydroxyl groups is 2. The number of halogens is 2. The molecule has 0 aromatic carbocycles. The molecule has 1 aliphatic heterocycles. The summed E-state index contributed by atoms with van der Waals surface area (Å²) in [6, 6.07) is 0. The zero-order valence-electron chi connectivity index (χ0n) is 19.8. The third kappa shape index (κ3) is 4.76. The van der Waals surface area contributed by atoms with Crippen molar-refractivity contribution in [3.63, 3.8) is 0 Å². The van der Waals surface area contributed by atoms with E-state index in [9.17, 15) is 19.0 Å². The number of hydrogen-bond donors (Lipinski definition) is 2. The lowest BCUT2D eigenvalue weighted by Crippen LogP contribution is -2.39. The third-order valence-corrected chi connectivity index (χ3v) is 9.20. The monoisotopic (exact) mass is 449 g/mol. The van der Waals surface area contributed by atoms with E-state index in [-0.39, 0.29) is 5.41 Å². The van der Waals surface area contributed by atoms with Crippen molar-refractivity contribution in [1.29, 1.82) is 0 Å². The van der Waals surface area contributed by atoms with Crippen LogP contribution >= 0.6 is 0 Å². The smallest absolute Gasteiger partial charge is 0.242 e. The van der Waals surface area contributed by atoms with E-state index in [0.717, 1.165) is 30.7 Å². The number of nitrogens with zero attached hydrogens (tertiary/aromatic N) is 1. The van der Waals surface area contributed by atoms with Crippen LogP contribution in [-0.2, 0) is 0 Å². The van der Waals surface area contributed by atoms with Crippen molar-refractivity contribution in [2.45, 2.75) is 83.8 Å². The van der Waals surface area contributed by atoms with Crippen molar-refractivity contribution < 1.29 is 19.0 Å². The molecule has 3 saturated carbocycles. The van der Waals surface area contributed by atoms with Gasteiger partial charge in [0.25, 0.3) is 0 Å². The Kier molecular flexibility index (Phi) is 7.29. The van der Waals surface area contributed by atoms with Crippen LogP contribution in [0.25, 0.3) is 0 Å².